The summed E-state index contributed by atoms with van der Waals surface area (Å²) in [7, 11) is 1.98. The molecule has 1 atom stereocenters. The van der Waals surface area contributed by atoms with E-state index in [9.17, 15) is 9.18 Å². The first kappa shape index (κ1) is 11.4. The van der Waals surface area contributed by atoms with Gasteiger partial charge in [0, 0.05) is 5.41 Å². The van der Waals surface area contributed by atoms with Gasteiger partial charge in [-0.1, -0.05) is 0 Å². The van der Waals surface area contributed by atoms with Crippen LogP contribution in [0.1, 0.15) is 26.2 Å². The van der Waals surface area contributed by atoms with Gasteiger partial charge in [-0.05, 0) is 39.9 Å². The van der Waals surface area contributed by atoms with Gasteiger partial charge < -0.3 is 10.0 Å². The van der Waals surface area contributed by atoms with E-state index in [1.807, 2.05) is 7.05 Å². The van der Waals surface area contributed by atoms with E-state index in [-0.39, 0.29) is 6.42 Å². The van der Waals surface area contributed by atoms with Gasteiger partial charge in [-0.2, -0.15) is 0 Å². The van der Waals surface area contributed by atoms with Crippen LogP contribution in [0.2, 0.25) is 0 Å². The summed E-state index contributed by atoms with van der Waals surface area (Å²) in [6.45, 7) is 3.07. The van der Waals surface area contributed by atoms with Crippen molar-refractivity contribution in [2.75, 3.05) is 20.1 Å². The lowest BCUT2D eigenvalue weighted by Crippen LogP contribution is -2.43. The van der Waals surface area contributed by atoms with Crippen LogP contribution < -0.4 is 0 Å². The summed E-state index contributed by atoms with van der Waals surface area (Å²) < 4.78 is 13.4. The monoisotopic (exact) mass is 203 g/mol. The predicted octanol–water partition coefficient (Wildman–Crippen LogP) is 1.53. The molecule has 1 rings (SSSR count). The van der Waals surface area contributed by atoms with E-state index in [4.69, 9.17) is 5.11 Å². The number of aliphatic carboxylic acids is 1. The number of alkyl halides is 1. The average Bonchev–Trinajstić information content (AvgIpc) is 2.08. The maximum Gasteiger partial charge on any atom is 0.304 e. The smallest absolute Gasteiger partial charge is 0.304 e. The Labute approximate surface area is 83.9 Å². The zero-order valence-corrected chi connectivity index (χ0v) is 8.79. The highest BCUT2D eigenvalue weighted by molar-refractivity contribution is 5.67. The van der Waals surface area contributed by atoms with Gasteiger partial charge in [-0.3, -0.25) is 4.79 Å². The molecule has 1 unspecified atom stereocenters. The first-order valence-electron chi connectivity index (χ1n) is 5.01. The molecule has 0 aromatic carbocycles. The minimum Gasteiger partial charge on any atom is -0.481 e. The van der Waals surface area contributed by atoms with Gasteiger partial charge in [0.25, 0.3) is 0 Å². The molecule has 14 heavy (non-hydrogen) atoms. The van der Waals surface area contributed by atoms with E-state index < -0.39 is 17.6 Å². The van der Waals surface area contributed by atoms with Gasteiger partial charge >= 0.3 is 5.97 Å². The second-order valence-electron chi connectivity index (χ2n) is 4.35. The van der Waals surface area contributed by atoms with Crippen LogP contribution in [0.3, 0.4) is 0 Å². The molecule has 1 N–H and O–H groups in total. The molecule has 0 bridgehead atoms. The Morgan fingerprint density at radius 3 is 2.43 bits per heavy atom. The number of hydrogen-bond donors (Lipinski definition) is 1. The number of hydrogen-bond acceptors (Lipinski definition) is 2. The van der Waals surface area contributed by atoms with Crippen LogP contribution in [0, 0.1) is 5.41 Å². The van der Waals surface area contributed by atoms with Crippen LogP contribution in [0.4, 0.5) is 4.39 Å². The summed E-state index contributed by atoms with van der Waals surface area (Å²) in [5.41, 5.74) is -0.627. The highest BCUT2D eigenvalue weighted by Crippen LogP contribution is 2.39. The summed E-state index contributed by atoms with van der Waals surface area (Å²) in [6, 6.07) is 0. The van der Waals surface area contributed by atoms with Crippen molar-refractivity contribution in [3.8, 4) is 0 Å². The second kappa shape index (κ2) is 4.26. The predicted molar refractivity (Wildman–Crippen MR) is 52.0 cm³/mol. The molecule has 0 amide bonds. The molecule has 1 aliphatic rings. The van der Waals surface area contributed by atoms with Crippen LogP contribution in [0.5, 0.6) is 0 Å². The molecule has 0 spiro atoms. The molecule has 0 saturated carbocycles. The van der Waals surface area contributed by atoms with Crippen molar-refractivity contribution in [3.05, 3.63) is 0 Å². The zero-order chi connectivity index (χ0) is 10.8. The summed E-state index contributed by atoms with van der Waals surface area (Å²) in [6.07, 6.45) is 0.215. The number of rotatable bonds is 3. The third kappa shape index (κ3) is 2.44. The maximum absolute atomic E-state index is 13.4. The summed E-state index contributed by atoms with van der Waals surface area (Å²) >= 11 is 0. The van der Waals surface area contributed by atoms with E-state index in [0.29, 0.717) is 12.8 Å². The first-order chi connectivity index (χ1) is 6.46. The molecular formula is C10H18FNO2. The number of carbonyl (C=O) groups is 1. The van der Waals surface area contributed by atoms with Crippen LogP contribution in [0.15, 0.2) is 0 Å². The van der Waals surface area contributed by atoms with Gasteiger partial charge in [-0.25, -0.2) is 4.39 Å². The standard InChI is InChI=1S/C10H18FNO2/c1-8(11)10(7-9(13)14)3-5-12(2)6-4-10/h8H,3-7H2,1-2H3,(H,13,14). The largest absolute Gasteiger partial charge is 0.481 e. The van der Waals surface area contributed by atoms with Crippen molar-refractivity contribution in [2.45, 2.75) is 32.4 Å². The Kier molecular flexibility index (Phi) is 3.48. The fourth-order valence-electron chi connectivity index (χ4n) is 2.08. The number of halogens is 1. The molecule has 3 nitrogen and oxygen atoms in total. The van der Waals surface area contributed by atoms with E-state index in [2.05, 4.69) is 4.90 Å². The first-order valence-corrected chi connectivity index (χ1v) is 5.01. The molecule has 1 aliphatic heterocycles. The van der Waals surface area contributed by atoms with E-state index in [0.717, 1.165) is 13.1 Å². The minimum absolute atomic E-state index is 0.0431. The molecule has 0 aliphatic carbocycles. The van der Waals surface area contributed by atoms with Crippen LogP contribution in [0.25, 0.3) is 0 Å². The Morgan fingerprint density at radius 2 is 2.07 bits per heavy atom. The summed E-state index contributed by atoms with van der Waals surface area (Å²) in [5.74, 6) is -0.890. The van der Waals surface area contributed by atoms with E-state index in [1.54, 1.807) is 0 Å². The van der Waals surface area contributed by atoms with Crippen molar-refractivity contribution in [3.63, 3.8) is 0 Å². The van der Waals surface area contributed by atoms with Gasteiger partial charge in [0.05, 0.1) is 6.42 Å². The topological polar surface area (TPSA) is 40.5 Å². The zero-order valence-electron chi connectivity index (χ0n) is 8.79. The molecular weight excluding hydrogens is 185 g/mol. The fourth-order valence-corrected chi connectivity index (χ4v) is 2.08. The second-order valence-corrected chi connectivity index (χ2v) is 4.35. The molecule has 0 aromatic rings. The van der Waals surface area contributed by atoms with Crippen molar-refractivity contribution >= 4 is 5.97 Å². The van der Waals surface area contributed by atoms with E-state index in [1.165, 1.54) is 6.92 Å². The maximum atomic E-state index is 13.4. The van der Waals surface area contributed by atoms with Crippen molar-refractivity contribution < 1.29 is 14.3 Å². The minimum atomic E-state index is -1.03. The fraction of sp³-hybridized carbons (Fsp3) is 0.900. The third-order valence-electron chi connectivity index (χ3n) is 3.33. The number of carboxylic acids is 1. The van der Waals surface area contributed by atoms with Gasteiger partial charge in [0.15, 0.2) is 0 Å². The quantitative estimate of drug-likeness (QED) is 0.756. The molecule has 1 heterocycles. The summed E-state index contributed by atoms with van der Waals surface area (Å²) in [5, 5.41) is 8.77. The van der Waals surface area contributed by atoms with E-state index >= 15 is 0 Å². The molecule has 1 saturated heterocycles. The lowest BCUT2D eigenvalue weighted by Gasteiger charge is -2.40. The molecule has 4 heteroatoms. The number of carboxylic acid groups (broad SMARTS) is 1. The van der Waals surface area contributed by atoms with Crippen molar-refractivity contribution in [1.82, 2.24) is 4.90 Å². The molecule has 82 valence electrons. The van der Waals surface area contributed by atoms with Gasteiger partial charge in [0.2, 0.25) is 0 Å². The lowest BCUT2D eigenvalue weighted by atomic mass is 9.72. The molecule has 0 aromatic heterocycles. The highest BCUT2D eigenvalue weighted by Gasteiger charge is 2.40. The van der Waals surface area contributed by atoms with Crippen LogP contribution in [-0.2, 0) is 4.79 Å². The Morgan fingerprint density at radius 1 is 1.57 bits per heavy atom. The molecule has 0 radical (unpaired) electrons. The third-order valence-corrected chi connectivity index (χ3v) is 3.33. The number of nitrogens with zero attached hydrogens (tertiary/aromatic N) is 1. The number of likely N-dealkylation sites (tertiary alicyclic amines) is 1. The SMILES string of the molecule is CC(F)C1(CC(=O)O)CCN(C)CC1. The normalized spacial score (nSPS) is 24.5. The van der Waals surface area contributed by atoms with Crippen molar-refractivity contribution in [2.24, 2.45) is 5.41 Å². The van der Waals surface area contributed by atoms with Crippen LogP contribution in [-0.4, -0.2) is 42.3 Å². The lowest BCUT2D eigenvalue weighted by molar-refractivity contribution is -0.142. The van der Waals surface area contributed by atoms with Gasteiger partial charge in [-0.15, -0.1) is 0 Å². The van der Waals surface area contributed by atoms with Crippen LogP contribution >= 0.6 is 0 Å². The van der Waals surface area contributed by atoms with Crippen molar-refractivity contribution in [1.29, 1.82) is 0 Å². The highest BCUT2D eigenvalue weighted by atomic mass is 19.1. The van der Waals surface area contributed by atoms with Gasteiger partial charge in [0.1, 0.15) is 6.17 Å². The number of piperidine rings is 1. The Bertz CT molecular complexity index is 210. The summed E-state index contributed by atoms with van der Waals surface area (Å²) in [4.78, 5) is 12.8. The average molecular weight is 203 g/mol. The Hall–Kier alpha value is -0.640. The molecule has 1 fully saturated rings. The Balaban J connectivity index is 2.68.